The number of primary amides is 1. The third kappa shape index (κ3) is 4.31. The van der Waals surface area contributed by atoms with Gasteiger partial charge in [0.15, 0.2) is 6.61 Å². The molecule has 0 atom stereocenters. The van der Waals surface area contributed by atoms with E-state index in [0.717, 1.165) is 16.8 Å². The molecule has 0 aliphatic heterocycles. The second kappa shape index (κ2) is 8.34. The third-order valence-electron chi connectivity index (χ3n) is 4.49. The number of aryl methyl sites for hydroxylation is 1. The highest BCUT2D eigenvalue weighted by molar-refractivity contribution is 7.12. The molecule has 4 aromatic rings. The molecule has 0 aliphatic carbocycles. The van der Waals surface area contributed by atoms with Crippen LogP contribution < -0.4 is 15.8 Å². The number of ether oxygens (including phenoxy) is 1. The zero-order valence-corrected chi connectivity index (χ0v) is 17.0. The van der Waals surface area contributed by atoms with Crippen LogP contribution in [-0.4, -0.2) is 23.4 Å². The zero-order chi connectivity index (χ0) is 21.1. The third-order valence-corrected chi connectivity index (χ3v) is 5.36. The van der Waals surface area contributed by atoms with Gasteiger partial charge in [0, 0.05) is 22.7 Å². The molecule has 7 heteroatoms. The number of pyridine rings is 1. The number of nitrogens with two attached hydrogens (primary N) is 1. The Labute approximate surface area is 177 Å². The van der Waals surface area contributed by atoms with Crippen LogP contribution in [0, 0.1) is 6.92 Å². The van der Waals surface area contributed by atoms with Gasteiger partial charge >= 0.3 is 0 Å². The number of fused-ring (bicyclic) bond motifs is 1. The van der Waals surface area contributed by atoms with E-state index >= 15 is 0 Å². The van der Waals surface area contributed by atoms with Gasteiger partial charge in [0.05, 0.1) is 16.1 Å². The summed E-state index contributed by atoms with van der Waals surface area (Å²) in [5.74, 6) is -0.284. The Morgan fingerprint density at radius 1 is 1.10 bits per heavy atom. The Balaban J connectivity index is 1.74. The van der Waals surface area contributed by atoms with Crippen LogP contribution in [0.3, 0.4) is 0 Å². The van der Waals surface area contributed by atoms with Crippen LogP contribution in [0.2, 0.25) is 0 Å². The van der Waals surface area contributed by atoms with Gasteiger partial charge < -0.3 is 15.8 Å². The van der Waals surface area contributed by atoms with Crippen LogP contribution in [0.25, 0.3) is 22.2 Å². The first-order valence-corrected chi connectivity index (χ1v) is 10.2. The minimum absolute atomic E-state index is 0.187. The highest BCUT2D eigenvalue weighted by Gasteiger charge is 2.13. The predicted octanol–water partition coefficient (Wildman–Crippen LogP) is 4.39. The summed E-state index contributed by atoms with van der Waals surface area (Å²) in [6.07, 6.45) is 0. The van der Waals surface area contributed by atoms with E-state index in [9.17, 15) is 9.59 Å². The van der Waals surface area contributed by atoms with Crippen LogP contribution in [-0.2, 0) is 4.79 Å². The Bertz CT molecular complexity index is 1220. The number of nitrogens with one attached hydrogen (secondary N) is 1. The van der Waals surface area contributed by atoms with E-state index in [1.807, 2.05) is 48.7 Å². The lowest BCUT2D eigenvalue weighted by molar-refractivity contribution is -0.119. The van der Waals surface area contributed by atoms with E-state index in [2.05, 4.69) is 5.32 Å². The van der Waals surface area contributed by atoms with Gasteiger partial charge in [-0.1, -0.05) is 35.9 Å². The second-order valence-corrected chi connectivity index (χ2v) is 7.74. The van der Waals surface area contributed by atoms with Crippen molar-refractivity contribution in [3.05, 3.63) is 76.5 Å². The van der Waals surface area contributed by atoms with Crippen molar-refractivity contribution in [2.75, 3.05) is 11.9 Å². The van der Waals surface area contributed by atoms with Crippen LogP contribution >= 0.6 is 11.3 Å². The van der Waals surface area contributed by atoms with Gasteiger partial charge in [0.1, 0.15) is 5.75 Å². The maximum atomic E-state index is 12.4. The maximum absolute atomic E-state index is 12.4. The van der Waals surface area contributed by atoms with E-state index in [4.69, 9.17) is 15.5 Å². The number of aromatic nitrogens is 1. The fourth-order valence-corrected chi connectivity index (χ4v) is 3.63. The normalized spacial score (nSPS) is 10.7. The summed E-state index contributed by atoms with van der Waals surface area (Å²) in [5, 5.41) is 5.40. The number of rotatable bonds is 6. The van der Waals surface area contributed by atoms with Crippen LogP contribution in [0.5, 0.6) is 5.75 Å². The summed E-state index contributed by atoms with van der Waals surface area (Å²) in [7, 11) is 0. The molecule has 150 valence electrons. The van der Waals surface area contributed by atoms with E-state index in [-0.39, 0.29) is 12.5 Å². The Morgan fingerprint density at radius 2 is 1.90 bits per heavy atom. The lowest BCUT2D eigenvalue weighted by Crippen LogP contribution is -2.20. The Morgan fingerprint density at radius 3 is 2.60 bits per heavy atom. The lowest BCUT2D eigenvalue weighted by Gasteiger charge is -2.12. The number of amides is 2. The van der Waals surface area contributed by atoms with Gasteiger partial charge in [-0.2, -0.15) is 0 Å². The first-order valence-electron chi connectivity index (χ1n) is 9.27. The molecule has 0 radical (unpaired) electrons. The molecule has 0 unspecified atom stereocenters. The molecule has 4 rings (SSSR count). The number of thiophene rings is 1. The van der Waals surface area contributed by atoms with Crippen LogP contribution in [0.4, 0.5) is 5.69 Å². The zero-order valence-electron chi connectivity index (χ0n) is 16.2. The van der Waals surface area contributed by atoms with Crippen molar-refractivity contribution in [1.82, 2.24) is 4.98 Å². The van der Waals surface area contributed by atoms with Crippen molar-refractivity contribution < 1.29 is 14.3 Å². The average molecular weight is 417 g/mol. The molecule has 0 saturated heterocycles. The van der Waals surface area contributed by atoms with Gasteiger partial charge in [0.2, 0.25) is 0 Å². The van der Waals surface area contributed by atoms with Crippen LogP contribution in [0.1, 0.15) is 15.2 Å². The molecule has 0 bridgehead atoms. The fraction of sp³-hybridized carbons (Fsp3) is 0.0870. The molecule has 0 spiro atoms. The van der Waals surface area contributed by atoms with E-state index in [1.54, 1.807) is 24.3 Å². The standard InChI is InChI=1S/C23H19N3O3S/c1-14-4-6-15(7-5-14)19-12-20(29-13-22(24)27)17-11-16(8-9-18(17)26-19)25-23(28)21-3-2-10-30-21/h2-12H,13H2,1H3,(H2,24,27)(H,25,28). The molecular formula is C23H19N3O3S. The monoisotopic (exact) mass is 417 g/mol. The smallest absolute Gasteiger partial charge is 0.265 e. The average Bonchev–Trinajstić information content (AvgIpc) is 3.27. The Kier molecular flexibility index (Phi) is 5.45. The molecular weight excluding hydrogens is 398 g/mol. The molecule has 2 aromatic heterocycles. The van der Waals surface area contributed by atoms with Crippen molar-refractivity contribution in [3.8, 4) is 17.0 Å². The van der Waals surface area contributed by atoms with E-state index < -0.39 is 5.91 Å². The largest absolute Gasteiger partial charge is 0.483 e. The predicted molar refractivity (Wildman–Crippen MR) is 119 cm³/mol. The number of hydrogen-bond donors (Lipinski definition) is 2. The van der Waals surface area contributed by atoms with Crippen molar-refractivity contribution in [2.45, 2.75) is 6.92 Å². The first kappa shape index (κ1) is 19.6. The van der Waals surface area contributed by atoms with Gasteiger partial charge in [-0.15, -0.1) is 11.3 Å². The number of anilines is 1. The first-order chi connectivity index (χ1) is 14.5. The topological polar surface area (TPSA) is 94.3 Å². The minimum atomic E-state index is -0.570. The molecule has 6 nitrogen and oxygen atoms in total. The van der Waals surface area contributed by atoms with Gasteiger partial charge in [0.25, 0.3) is 11.8 Å². The summed E-state index contributed by atoms with van der Waals surface area (Å²) >= 11 is 1.37. The fourth-order valence-electron chi connectivity index (χ4n) is 3.01. The number of hydrogen-bond acceptors (Lipinski definition) is 5. The SMILES string of the molecule is Cc1ccc(-c2cc(OCC(N)=O)c3cc(NC(=O)c4cccs4)ccc3n2)cc1. The van der Waals surface area contributed by atoms with E-state index in [1.165, 1.54) is 11.3 Å². The van der Waals surface area contributed by atoms with E-state index in [0.29, 0.717) is 27.2 Å². The summed E-state index contributed by atoms with van der Waals surface area (Å²) in [4.78, 5) is 29.0. The van der Waals surface area contributed by atoms with Crippen LogP contribution in [0.15, 0.2) is 66.0 Å². The van der Waals surface area contributed by atoms with Crippen molar-refractivity contribution in [3.63, 3.8) is 0 Å². The molecule has 2 amide bonds. The van der Waals surface area contributed by atoms with Gasteiger partial charge in [-0.3, -0.25) is 9.59 Å². The number of nitrogens with zero attached hydrogens (tertiary/aromatic N) is 1. The van der Waals surface area contributed by atoms with Crippen molar-refractivity contribution >= 4 is 39.7 Å². The van der Waals surface area contributed by atoms with Gasteiger partial charge in [-0.25, -0.2) is 4.98 Å². The highest BCUT2D eigenvalue weighted by atomic mass is 32.1. The lowest BCUT2D eigenvalue weighted by atomic mass is 10.1. The summed E-state index contributed by atoms with van der Waals surface area (Å²) < 4.78 is 5.67. The molecule has 3 N–H and O–H groups in total. The quantitative estimate of drug-likeness (QED) is 0.486. The number of carbonyl (C=O) groups is 2. The summed E-state index contributed by atoms with van der Waals surface area (Å²) in [6, 6.07) is 18.7. The van der Waals surface area contributed by atoms with Gasteiger partial charge in [-0.05, 0) is 36.6 Å². The Hall–Kier alpha value is -3.71. The number of carbonyl (C=O) groups excluding carboxylic acids is 2. The molecule has 0 saturated carbocycles. The van der Waals surface area contributed by atoms with Crippen molar-refractivity contribution in [1.29, 1.82) is 0 Å². The summed E-state index contributed by atoms with van der Waals surface area (Å²) in [5.41, 5.74) is 9.35. The molecule has 0 aliphatic rings. The molecule has 0 fully saturated rings. The minimum Gasteiger partial charge on any atom is -0.483 e. The summed E-state index contributed by atoms with van der Waals surface area (Å²) in [6.45, 7) is 1.77. The second-order valence-electron chi connectivity index (χ2n) is 6.79. The molecule has 2 heterocycles. The number of benzene rings is 2. The molecule has 30 heavy (non-hydrogen) atoms. The highest BCUT2D eigenvalue weighted by Crippen LogP contribution is 2.32. The maximum Gasteiger partial charge on any atom is 0.265 e. The van der Waals surface area contributed by atoms with Crippen molar-refractivity contribution in [2.24, 2.45) is 5.73 Å². The molecule has 2 aromatic carbocycles.